The Morgan fingerprint density at radius 3 is 2.52 bits per heavy atom. The van der Waals surface area contributed by atoms with Gasteiger partial charge in [-0.15, -0.1) is 0 Å². The van der Waals surface area contributed by atoms with Gasteiger partial charge in [-0.05, 0) is 31.9 Å². The van der Waals surface area contributed by atoms with Crippen molar-refractivity contribution in [3.63, 3.8) is 0 Å². The second-order valence-electron chi connectivity index (χ2n) is 4.83. The van der Waals surface area contributed by atoms with Crippen LogP contribution in [-0.4, -0.2) is 30.7 Å². The number of nitrogens with one attached hydrogen (secondary N) is 2. The first-order chi connectivity index (χ1) is 10.2. The molecule has 0 amide bonds. The molecule has 1 aromatic carbocycles. The standard InChI is InChI=1S/C16H22N4O/c1-11-15(17-3)19-12(2)20-16(11)18-10-9-13-7-5-6-8-14(13)21-4/h5-8H,9-10H2,1-4H3,(H2,17,18,19,20). The van der Waals surface area contributed by atoms with Crippen LogP contribution in [-0.2, 0) is 6.42 Å². The number of anilines is 2. The molecule has 0 saturated heterocycles. The Bertz CT molecular complexity index is 613. The second-order valence-corrected chi connectivity index (χ2v) is 4.83. The van der Waals surface area contributed by atoms with Gasteiger partial charge in [0, 0.05) is 19.2 Å². The first-order valence-electron chi connectivity index (χ1n) is 7.04. The Balaban J connectivity index is 2.05. The van der Waals surface area contributed by atoms with E-state index >= 15 is 0 Å². The molecule has 2 rings (SSSR count). The van der Waals surface area contributed by atoms with Crippen LogP contribution in [0.4, 0.5) is 11.6 Å². The molecule has 5 heteroatoms. The van der Waals surface area contributed by atoms with Gasteiger partial charge in [-0.3, -0.25) is 0 Å². The highest BCUT2D eigenvalue weighted by Crippen LogP contribution is 2.21. The molecule has 0 spiro atoms. The number of aryl methyl sites for hydroxylation is 1. The highest BCUT2D eigenvalue weighted by Gasteiger charge is 2.08. The normalized spacial score (nSPS) is 10.3. The third-order valence-corrected chi connectivity index (χ3v) is 3.37. The molecular formula is C16H22N4O. The zero-order valence-electron chi connectivity index (χ0n) is 13.0. The van der Waals surface area contributed by atoms with E-state index in [0.717, 1.165) is 41.7 Å². The topological polar surface area (TPSA) is 59.1 Å². The predicted molar refractivity (Wildman–Crippen MR) is 86.2 cm³/mol. The molecule has 0 aliphatic heterocycles. The molecule has 2 N–H and O–H groups in total. The fourth-order valence-corrected chi connectivity index (χ4v) is 2.27. The van der Waals surface area contributed by atoms with E-state index in [1.807, 2.05) is 39.1 Å². The Kier molecular flexibility index (Phi) is 4.98. The maximum absolute atomic E-state index is 5.36. The van der Waals surface area contributed by atoms with Crippen LogP contribution in [0.15, 0.2) is 24.3 Å². The molecule has 21 heavy (non-hydrogen) atoms. The summed E-state index contributed by atoms with van der Waals surface area (Å²) >= 11 is 0. The quantitative estimate of drug-likeness (QED) is 0.855. The minimum atomic E-state index is 0.754. The van der Waals surface area contributed by atoms with Crippen molar-refractivity contribution < 1.29 is 4.74 Å². The van der Waals surface area contributed by atoms with Gasteiger partial charge in [0.05, 0.1) is 7.11 Å². The van der Waals surface area contributed by atoms with E-state index in [0.29, 0.717) is 0 Å². The van der Waals surface area contributed by atoms with Gasteiger partial charge in [0.2, 0.25) is 0 Å². The summed E-state index contributed by atoms with van der Waals surface area (Å²) in [5, 5.41) is 6.47. The Labute approximate surface area is 125 Å². The van der Waals surface area contributed by atoms with Crippen molar-refractivity contribution in [1.82, 2.24) is 9.97 Å². The second kappa shape index (κ2) is 6.92. The van der Waals surface area contributed by atoms with Crippen LogP contribution in [0.25, 0.3) is 0 Å². The van der Waals surface area contributed by atoms with Crippen LogP contribution in [0.3, 0.4) is 0 Å². The van der Waals surface area contributed by atoms with Crippen molar-refractivity contribution in [3.8, 4) is 5.75 Å². The van der Waals surface area contributed by atoms with Gasteiger partial charge in [-0.1, -0.05) is 18.2 Å². The number of hydrogen-bond acceptors (Lipinski definition) is 5. The van der Waals surface area contributed by atoms with Crippen LogP contribution in [0.5, 0.6) is 5.75 Å². The minimum Gasteiger partial charge on any atom is -0.496 e. The molecule has 0 saturated carbocycles. The largest absolute Gasteiger partial charge is 0.496 e. The molecule has 1 heterocycles. The van der Waals surface area contributed by atoms with Crippen LogP contribution < -0.4 is 15.4 Å². The fourth-order valence-electron chi connectivity index (χ4n) is 2.27. The maximum atomic E-state index is 5.36. The summed E-state index contributed by atoms with van der Waals surface area (Å²) in [6, 6.07) is 8.07. The third-order valence-electron chi connectivity index (χ3n) is 3.37. The highest BCUT2D eigenvalue weighted by molar-refractivity contribution is 5.57. The van der Waals surface area contributed by atoms with Gasteiger partial charge in [0.25, 0.3) is 0 Å². The third kappa shape index (κ3) is 3.62. The lowest BCUT2D eigenvalue weighted by molar-refractivity contribution is 0.410. The van der Waals surface area contributed by atoms with Gasteiger partial charge in [0.1, 0.15) is 23.2 Å². The van der Waals surface area contributed by atoms with Crippen LogP contribution in [0.2, 0.25) is 0 Å². The summed E-state index contributed by atoms with van der Waals surface area (Å²) in [4.78, 5) is 8.82. The van der Waals surface area contributed by atoms with Gasteiger partial charge < -0.3 is 15.4 Å². The molecule has 0 radical (unpaired) electrons. The van der Waals surface area contributed by atoms with Crippen molar-refractivity contribution >= 4 is 11.6 Å². The summed E-state index contributed by atoms with van der Waals surface area (Å²) in [5.74, 6) is 3.42. The van der Waals surface area contributed by atoms with Gasteiger partial charge in [-0.2, -0.15) is 0 Å². The molecular weight excluding hydrogens is 264 g/mol. The molecule has 0 aliphatic carbocycles. The lowest BCUT2D eigenvalue weighted by atomic mass is 10.1. The van der Waals surface area contributed by atoms with Crippen molar-refractivity contribution in [2.24, 2.45) is 0 Å². The number of hydrogen-bond donors (Lipinski definition) is 2. The van der Waals surface area contributed by atoms with Crippen molar-refractivity contribution in [1.29, 1.82) is 0 Å². The minimum absolute atomic E-state index is 0.754. The average molecular weight is 286 g/mol. The highest BCUT2D eigenvalue weighted by atomic mass is 16.5. The van der Waals surface area contributed by atoms with Crippen molar-refractivity contribution in [2.45, 2.75) is 20.3 Å². The van der Waals surface area contributed by atoms with E-state index in [9.17, 15) is 0 Å². The summed E-state index contributed by atoms with van der Waals surface area (Å²) in [7, 11) is 3.57. The number of para-hydroxylation sites is 1. The number of ether oxygens (including phenoxy) is 1. The van der Waals surface area contributed by atoms with Gasteiger partial charge in [0.15, 0.2) is 0 Å². The van der Waals surface area contributed by atoms with E-state index in [1.54, 1.807) is 7.11 Å². The van der Waals surface area contributed by atoms with E-state index in [-0.39, 0.29) is 0 Å². The lowest BCUT2D eigenvalue weighted by Gasteiger charge is -2.13. The van der Waals surface area contributed by atoms with E-state index in [2.05, 4.69) is 26.7 Å². The smallest absolute Gasteiger partial charge is 0.134 e. The summed E-state index contributed by atoms with van der Waals surface area (Å²) < 4.78 is 5.36. The van der Waals surface area contributed by atoms with E-state index in [1.165, 1.54) is 5.56 Å². The number of nitrogens with zero attached hydrogens (tertiary/aromatic N) is 2. The summed E-state index contributed by atoms with van der Waals surface area (Å²) in [5.41, 5.74) is 2.22. The Morgan fingerprint density at radius 1 is 1.10 bits per heavy atom. The number of rotatable bonds is 6. The average Bonchev–Trinajstić information content (AvgIpc) is 2.50. The van der Waals surface area contributed by atoms with Gasteiger partial charge >= 0.3 is 0 Å². The summed E-state index contributed by atoms with van der Waals surface area (Å²) in [6.07, 6.45) is 0.876. The van der Waals surface area contributed by atoms with Crippen LogP contribution in [0.1, 0.15) is 17.0 Å². The number of benzene rings is 1. The molecule has 5 nitrogen and oxygen atoms in total. The molecule has 0 aliphatic rings. The first-order valence-corrected chi connectivity index (χ1v) is 7.04. The zero-order valence-corrected chi connectivity index (χ0v) is 13.0. The number of methoxy groups -OCH3 is 1. The molecule has 0 fully saturated rings. The van der Waals surface area contributed by atoms with Crippen LogP contribution >= 0.6 is 0 Å². The van der Waals surface area contributed by atoms with Crippen molar-refractivity contribution in [3.05, 3.63) is 41.2 Å². The summed E-state index contributed by atoms with van der Waals surface area (Å²) in [6.45, 7) is 4.70. The SMILES string of the molecule is CNc1nc(C)nc(NCCc2ccccc2OC)c1C. The monoisotopic (exact) mass is 286 g/mol. The zero-order chi connectivity index (χ0) is 15.2. The van der Waals surface area contributed by atoms with Gasteiger partial charge in [-0.25, -0.2) is 9.97 Å². The lowest BCUT2D eigenvalue weighted by Crippen LogP contribution is -2.11. The van der Waals surface area contributed by atoms with E-state index in [4.69, 9.17) is 4.74 Å². The molecule has 1 aromatic heterocycles. The maximum Gasteiger partial charge on any atom is 0.134 e. The number of aromatic nitrogens is 2. The Morgan fingerprint density at radius 2 is 1.81 bits per heavy atom. The van der Waals surface area contributed by atoms with Crippen LogP contribution in [0, 0.1) is 13.8 Å². The predicted octanol–water partition coefficient (Wildman–Crippen LogP) is 2.80. The van der Waals surface area contributed by atoms with E-state index < -0.39 is 0 Å². The molecule has 0 atom stereocenters. The molecule has 0 bridgehead atoms. The molecule has 2 aromatic rings. The first kappa shape index (κ1) is 15.1. The Hall–Kier alpha value is -2.30. The van der Waals surface area contributed by atoms with Crippen molar-refractivity contribution in [2.75, 3.05) is 31.3 Å². The molecule has 0 unspecified atom stereocenters. The molecule has 112 valence electrons. The fraction of sp³-hybridized carbons (Fsp3) is 0.375.